The van der Waals surface area contributed by atoms with Crippen molar-refractivity contribution in [2.45, 2.75) is 31.1 Å². The molecule has 1 aliphatic heterocycles. The fourth-order valence-electron chi connectivity index (χ4n) is 3.19. The molecule has 0 radical (unpaired) electrons. The van der Waals surface area contributed by atoms with Crippen molar-refractivity contribution < 1.29 is 18.1 Å². The van der Waals surface area contributed by atoms with Gasteiger partial charge in [0.15, 0.2) is 0 Å². The van der Waals surface area contributed by atoms with Gasteiger partial charge in [-0.25, -0.2) is 13.6 Å². The van der Waals surface area contributed by atoms with Crippen LogP contribution in [0.5, 0.6) is 0 Å². The van der Waals surface area contributed by atoms with Crippen molar-refractivity contribution in [3.05, 3.63) is 33.4 Å². The zero-order chi connectivity index (χ0) is 19.5. The molecule has 0 unspecified atom stereocenters. The molecule has 1 fully saturated rings. The average molecular weight is 421 g/mol. The van der Waals surface area contributed by atoms with Crippen molar-refractivity contribution in [1.29, 1.82) is 0 Å². The van der Waals surface area contributed by atoms with E-state index in [1.54, 1.807) is 4.90 Å². The number of nitrogens with zero attached hydrogens (tertiary/aromatic N) is 2. The van der Waals surface area contributed by atoms with Gasteiger partial charge in [-0.3, -0.25) is 14.9 Å². The van der Waals surface area contributed by atoms with Gasteiger partial charge in [0.25, 0.3) is 11.6 Å². The molecule has 11 heteroatoms. The van der Waals surface area contributed by atoms with Gasteiger partial charge in [0.05, 0.1) is 15.4 Å². The zero-order valence-corrected chi connectivity index (χ0v) is 16.9. The van der Waals surface area contributed by atoms with E-state index in [1.807, 2.05) is 7.05 Å². The zero-order valence-electron chi connectivity index (χ0n) is 15.3. The van der Waals surface area contributed by atoms with Crippen molar-refractivity contribution in [2.24, 2.45) is 11.1 Å². The minimum atomic E-state index is -4.16. The van der Waals surface area contributed by atoms with Crippen LogP contribution in [0, 0.1) is 23.0 Å². The highest BCUT2D eigenvalue weighted by molar-refractivity contribution is 7.89. The highest BCUT2D eigenvalue weighted by Gasteiger charge is 2.28. The Kier molecular flexibility index (Phi) is 8.15. The lowest BCUT2D eigenvalue weighted by Crippen LogP contribution is -2.39. The first-order valence-corrected chi connectivity index (χ1v) is 9.95. The number of primary sulfonamides is 1. The highest BCUT2D eigenvalue weighted by Crippen LogP contribution is 2.28. The van der Waals surface area contributed by atoms with Crippen LogP contribution in [0.3, 0.4) is 0 Å². The molecule has 0 atom stereocenters. The van der Waals surface area contributed by atoms with Crippen LogP contribution in [-0.4, -0.2) is 50.8 Å². The van der Waals surface area contributed by atoms with Gasteiger partial charge in [-0.1, -0.05) is 0 Å². The van der Waals surface area contributed by atoms with Gasteiger partial charge >= 0.3 is 0 Å². The number of nitrogens with two attached hydrogens (primary N) is 1. The third kappa shape index (κ3) is 5.61. The second-order valence-corrected chi connectivity index (χ2v) is 8.11. The maximum absolute atomic E-state index is 12.9. The summed E-state index contributed by atoms with van der Waals surface area (Å²) in [6.07, 6.45) is 2.73. The lowest BCUT2D eigenvalue weighted by atomic mass is 9.93. The van der Waals surface area contributed by atoms with E-state index in [0.29, 0.717) is 19.0 Å². The maximum atomic E-state index is 12.9. The Bertz CT molecular complexity index is 807. The first-order valence-electron chi connectivity index (χ1n) is 8.41. The first kappa shape index (κ1) is 23.3. The Morgan fingerprint density at radius 3 is 2.44 bits per heavy atom. The number of piperidine rings is 1. The van der Waals surface area contributed by atoms with Crippen LogP contribution in [0.25, 0.3) is 0 Å². The van der Waals surface area contributed by atoms with Crippen LogP contribution < -0.4 is 10.5 Å². The molecule has 0 aliphatic carbocycles. The first-order chi connectivity index (χ1) is 12.1. The van der Waals surface area contributed by atoms with E-state index in [-0.39, 0.29) is 23.5 Å². The van der Waals surface area contributed by atoms with E-state index in [2.05, 4.69) is 5.32 Å². The fourth-order valence-corrected chi connectivity index (χ4v) is 3.75. The molecule has 1 saturated heterocycles. The molecule has 9 nitrogen and oxygen atoms in total. The molecule has 1 aromatic carbocycles. The topological polar surface area (TPSA) is 136 Å². The predicted octanol–water partition coefficient (Wildman–Crippen LogP) is 1.43. The largest absolute Gasteiger partial charge is 0.339 e. The third-order valence-corrected chi connectivity index (χ3v) is 5.71. The molecule has 1 amide bonds. The number of sulfonamides is 1. The SMILES string of the molecule is CNCCC1CCN(C(=O)c2cc(S(N)(=O)=O)cc([N+](=O)[O-])c2C)CC1.Cl. The maximum Gasteiger partial charge on any atom is 0.274 e. The Morgan fingerprint density at radius 2 is 1.96 bits per heavy atom. The molecule has 0 saturated carbocycles. The number of carbonyl (C=O) groups is 1. The molecule has 3 N–H and O–H groups in total. The van der Waals surface area contributed by atoms with Gasteiger partial charge in [0.2, 0.25) is 10.0 Å². The van der Waals surface area contributed by atoms with Crippen molar-refractivity contribution in [1.82, 2.24) is 10.2 Å². The number of nitro groups is 1. The molecule has 2 rings (SSSR count). The minimum Gasteiger partial charge on any atom is -0.339 e. The Hall–Kier alpha value is -1.75. The van der Waals surface area contributed by atoms with Crippen molar-refractivity contribution in [3.8, 4) is 0 Å². The van der Waals surface area contributed by atoms with Crippen molar-refractivity contribution in [2.75, 3.05) is 26.7 Å². The summed E-state index contributed by atoms with van der Waals surface area (Å²) in [5.41, 5.74) is -0.273. The number of nitro benzene ring substituents is 1. The molecule has 1 heterocycles. The second kappa shape index (κ2) is 9.45. The summed E-state index contributed by atoms with van der Waals surface area (Å²) in [7, 11) is -2.27. The van der Waals surface area contributed by atoms with Gasteiger partial charge in [0.1, 0.15) is 0 Å². The third-order valence-electron chi connectivity index (χ3n) is 4.81. The number of hydrogen-bond donors (Lipinski definition) is 2. The Morgan fingerprint density at radius 1 is 1.37 bits per heavy atom. The number of amides is 1. The van der Waals surface area contributed by atoms with Crippen LogP contribution in [0.15, 0.2) is 17.0 Å². The molecular formula is C16H25ClN4O5S. The van der Waals surface area contributed by atoms with Gasteiger partial charge < -0.3 is 10.2 Å². The van der Waals surface area contributed by atoms with Crippen molar-refractivity contribution >= 4 is 34.0 Å². The van der Waals surface area contributed by atoms with Crippen LogP contribution in [-0.2, 0) is 10.0 Å². The Balaban J connectivity index is 0.00000364. The average Bonchev–Trinajstić information content (AvgIpc) is 2.58. The summed E-state index contributed by atoms with van der Waals surface area (Å²) in [6, 6.07) is 2.03. The minimum absolute atomic E-state index is 0. The standard InChI is InChI=1S/C16H24N4O5S.ClH/c1-11-14(9-13(26(17,24)25)10-15(11)20(22)23)16(21)19-7-4-12(5-8-19)3-6-18-2;/h9-10,12,18H,3-8H2,1-2H3,(H2,17,24,25);1H. The van der Waals surface area contributed by atoms with Gasteiger partial charge in [-0.15, -0.1) is 12.4 Å². The normalized spacial score (nSPS) is 15.3. The summed E-state index contributed by atoms with van der Waals surface area (Å²) >= 11 is 0. The summed E-state index contributed by atoms with van der Waals surface area (Å²) in [5.74, 6) is 0.126. The van der Waals surface area contributed by atoms with Gasteiger partial charge in [-0.05, 0) is 51.8 Å². The quantitative estimate of drug-likeness (QED) is 0.527. The molecule has 1 aromatic rings. The van der Waals surface area contributed by atoms with Crippen LogP contribution >= 0.6 is 12.4 Å². The van der Waals surface area contributed by atoms with E-state index in [4.69, 9.17) is 5.14 Å². The predicted molar refractivity (Wildman–Crippen MR) is 104 cm³/mol. The monoisotopic (exact) mass is 420 g/mol. The summed E-state index contributed by atoms with van der Waals surface area (Å²) in [5, 5.41) is 19.4. The number of carbonyl (C=O) groups excluding carboxylic acids is 1. The molecule has 1 aliphatic rings. The smallest absolute Gasteiger partial charge is 0.274 e. The Labute approximate surface area is 164 Å². The van der Waals surface area contributed by atoms with Gasteiger partial charge in [0, 0.05) is 24.7 Å². The van der Waals surface area contributed by atoms with Crippen LogP contribution in [0.4, 0.5) is 5.69 Å². The van der Waals surface area contributed by atoms with E-state index < -0.39 is 31.4 Å². The highest BCUT2D eigenvalue weighted by atomic mass is 35.5. The summed E-state index contributed by atoms with van der Waals surface area (Å²) in [6.45, 7) is 3.44. The fraction of sp³-hybridized carbons (Fsp3) is 0.562. The second-order valence-electron chi connectivity index (χ2n) is 6.54. The number of halogens is 1. The van der Waals surface area contributed by atoms with Crippen LogP contribution in [0.2, 0.25) is 0 Å². The molecule has 0 aromatic heterocycles. The molecule has 27 heavy (non-hydrogen) atoms. The number of benzene rings is 1. The van der Waals surface area contributed by atoms with E-state index >= 15 is 0 Å². The number of hydrogen-bond acceptors (Lipinski definition) is 6. The van der Waals surface area contributed by atoms with Crippen molar-refractivity contribution in [3.63, 3.8) is 0 Å². The summed E-state index contributed by atoms with van der Waals surface area (Å²) < 4.78 is 23.3. The van der Waals surface area contributed by atoms with Gasteiger partial charge in [-0.2, -0.15) is 0 Å². The number of rotatable bonds is 6. The molecule has 0 bridgehead atoms. The van der Waals surface area contributed by atoms with E-state index in [9.17, 15) is 23.3 Å². The van der Waals surface area contributed by atoms with E-state index in [0.717, 1.165) is 37.9 Å². The molecule has 152 valence electrons. The molecular weight excluding hydrogens is 396 g/mol. The number of nitrogens with one attached hydrogen (secondary N) is 1. The van der Waals surface area contributed by atoms with Crippen LogP contribution in [0.1, 0.15) is 35.2 Å². The van der Waals surface area contributed by atoms with E-state index in [1.165, 1.54) is 6.92 Å². The lowest BCUT2D eigenvalue weighted by Gasteiger charge is -2.32. The lowest BCUT2D eigenvalue weighted by molar-refractivity contribution is -0.385. The number of likely N-dealkylation sites (tertiary alicyclic amines) is 1. The molecule has 0 spiro atoms. The summed E-state index contributed by atoms with van der Waals surface area (Å²) in [4.78, 5) is 24.6.